The van der Waals surface area contributed by atoms with Crippen LogP contribution >= 0.6 is 11.6 Å². The summed E-state index contributed by atoms with van der Waals surface area (Å²) in [7, 11) is -3.75. The third kappa shape index (κ3) is 3.57. The average Bonchev–Trinajstić information content (AvgIpc) is 2.39. The SMILES string of the molecule is O=C([O-])C1CCCN(S(=O)(=O)c2ccccc2Cl)C1.[Li+]. The van der Waals surface area contributed by atoms with Gasteiger partial charge in [0.05, 0.1) is 5.02 Å². The van der Waals surface area contributed by atoms with Crippen LogP contribution in [0.5, 0.6) is 0 Å². The van der Waals surface area contributed by atoms with E-state index in [4.69, 9.17) is 11.6 Å². The number of carbonyl (C=O) groups is 1. The van der Waals surface area contributed by atoms with Gasteiger partial charge in [-0.3, -0.25) is 0 Å². The van der Waals surface area contributed by atoms with Gasteiger partial charge in [0.2, 0.25) is 10.0 Å². The van der Waals surface area contributed by atoms with Crippen molar-refractivity contribution in [3.05, 3.63) is 29.3 Å². The molecule has 1 fully saturated rings. The number of sulfonamides is 1. The van der Waals surface area contributed by atoms with Crippen LogP contribution in [-0.2, 0) is 14.8 Å². The molecular formula is C12H13ClLiNO4S. The van der Waals surface area contributed by atoms with Crippen molar-refractivity contribution in [3.8, 4) is 0 Å². The van der Waals surface area contributed by atoms with Gasteiger partial charge >= 0.3 is 18.9 Å². The zero-order valence-corrected chi connectivity index (χ0v) is 12.7. The van der Waals surface area contributed by atoms with E-state index in [0.29, 0.717) is 19.4 Å². The van der Waals surface area contributed by atoms with Crippen LogP contribution < -0.4 is 24.0 Å². The molecule has 1 aromatic rings. The molecule has 5 nitrogen and oxygen atoms in total. The Balaban J connectivity index is 0.00000200. The van der Waals surface area contributed by atoms with E-state index < -0.39 is 21.9 Å². The summed E-state index contributed by atoms with van der Waals surface area (Å²) < 4.78 is 26.0. The van der Waals surface area contributed by atoms with E-state index in [2.05, 4.69) is 0 Å². The number of hydrogen-bond acceptors (Lipinski definition) is 4. The van der Waals surface area contributed by atoms with Crippen LogP contribution in [0, 0.1) is 5.92 Å². The fourth-order valence-electron chi connectivity index (χ4n) is 2.15. The first-order valence-corrected chi connectivity index (χ1v) is 7.70. The number of hydrogen-bond donors (Lipinski definition) is 0. The summed E-state index contributed by atoms with van der Waals surface area (Å²) in [6.45, 7) is 0.243. The first-order chi connectivity index (χ1) is 8.93. The van der Waals surface area contributed by atoms with Gasteiger partial charge in [-0.25, -0.2) is 8.42 Å². The fourth-order valence-corrected chi connectivity index (χ4v) is 4.16. The Morgan fingerprint density at radius 3 is 2.60 bits per heavy atom. The molecule has 0 aliphatic carbocycles. The molecule has 0 N–H and O–H groups in total. The van der Waals surface area contributed by atoms with Crippen molar-refractivity contribution in [2.75, 3.05) is 13.1 Å². The summed E-state index contributed by atoms with van der Waals surface area (Å²) >= 11 is 5.89. The van der Waals surface area contributed by atoms with Crippen molar-refractivity contribution in [1.29, 1.82) is 0 Å². The molecule has 0 saturated carbocycles. The molecule has 1 atom stereocenters. The zero-order valence-electron chi connectivity index (χ0n) is 11.1. The monoisotopic (exact) mass is 309 g/mol. The molecule has 0 amide bonds. The summed E-state index contributed by atoms with van der Waals surface area (Å²) in [4.78, 5) is 10.9. The molecule has 2 rings (SSSR count). The van der Waals surface area contributed by atoms with Gasteiger partial charge < -0.3 is 9.90 Å². The Hall–Kier alpha value is -0.513. The van der Waals surface area contributed by atoms with E-state index >= 15 is 0 Å². The minimum atomic E-state index is -3.75. The van der Waals surface area contributed by atoms with Gasteiger partial charge in [0, 0.05) is 25.0 Å². The molecule has 8 heteroatoms. The fraction of sp³-hybridized carbons (Fsp3) is 0.417. The van der Waals surface area contributed by atoms with Crippen molar-refractivity contribution < 1.29 is 37.2 Å². The minimum Gasteiger partial charge on any atom is -0.550 e. The van der Waals surface area contributed by atoms with E-state index in [1.54, 1.807) is 12.1 Å². The van der Waals surface area contributed by atoms with Crippen molar-refractivity contribution >= 4 is 27.6 Å². The normalized spacial score (nSPS) is 20.1. The number of nitrogens with zero attached hydrogens (tertiary/aromatic N) is 1. The van der Waals surface area contributed by atoms with Gasteiger partial charge in [-0.05, 0) is 25.0 Å². The van der Waals surface area contributed by atoms with E-state index in [9.17, 15) is 18.3 Å². The number of piperidine rings is 1. The number of halogens is 1. The third-order valence-electron chi connectivity index (χ3n) is 3.17. The molecule has 1 aliphatic rings. The Morgan fingerprint density at radius 1 is 1.35 bits per heavy atom. The van der Waals surface area contributed by atoms with Crippen molar-refractivity contribution in [3.63, 3.8) is 0 Å². The first kappa shape index (κ1) is 17.5. The van der Waals surface area contributed by atoms with Crippen LogP contribution in [0.3, 0.4) is 0 Å². The Morgan fingerprint density at radius 2 is 2.00 bits per heavy atom. The molecule has 0 aromatic heterocycles. The van der Waals surface area contributed by atoms with E-state index in [0.717, 1.165) is 4.31 Å². The predicted octanol–water partition coefficient (Wildman–Crippen LogP) is -2.51. The second kappa shape index (κ2) is 6.97. The molecular weight excluding hydrogens is 297 g/mol. The standard InChI is InChI=1S/C12H14ClNO4S.Li/c13-10-5-1-2-6-11(10)19(17,18)14-7-3-4-9(8-14)12(15)16;/h1-2,5-6,9H,3-4,7-8H2,(H,15,16);/q;+1/p-1. The maximum atomic E-state index is 12.4. The average molecular weight is 310 g/mol. The van der Waals surface area contributed by atoms with Crippen molar-refractivity contribution in [2.24, 2.45) is 5.92 Å². The van der Waals surface area contributed by atoms with Gasteiger partial charge in [0.25, 0.3) is 0 Å². The minimum absolute atomic E-state index is 0. The number of aliphatic carboxylic acids is 1. The van der Waals surface area contributed by atoms with Crippen LogP contribution in [0.25, 0.3) is 0 Å². The Labute approximate surface area is 135 Å². The quantitative estimate of drug-likeness (QED) is 0.578. The van der Waals surface area contributed by atoms with Gasteiger partial charge in [-0.15, -0.1) is 0 Å². The molecule has 20 heavy (non-hydrogen) atoms. The van der Waals surface area contributed by atoms with Crippen LogP contribution in [0.4, 0.5) is 0 Å². The topological polar surface area (TPSA) is 77.5 Å². The number of carboxylic acid groups (broad SMARTS) is 1. The van der Waals surface area contributed by atoms with Crippen LogP contribution in [0.1, 0.15) is 12.8 Å². The van der Waals surface area contributed by atoms with Crippen molar-refractivity contribution in [1.82, 2.24) is 4.31 Å². The zero-order chi connectivity index (χ0) is 14.0. The number of rotatable bonds is 3. The predicted molar refractivity (Wildman–Crippen MR) is 67.9 cm³/mol. The second-order valence-electron chi connectivity index (χ2n) is 4.45. The smallest absolute Gasteiger partial charge is 0.550 e. The second-order valence-corrected chi connectivity index (χ2v) is 6.77. The van der Waals surface area contributed by atoms with Gasteiger partial charge in [-0.1, -0.05) is 23.7 Å². The van der Waals surface area contributed by atoms with Crippen LogP contribution in [0.2, 0.25) is 5.02 Å². The van der Waals surface area contributed by atoms with Crippen LogP contribution in [-0.4, -0.2) is 31.8 Å². The van der Waals surface area contributed by atoms with Gasteiger partial charge in [-0.2, -0.15) is 4.31 Å². The Kier molecular flexibility index (Phi) is 6.11. The maximum absolute atomic E-state index is 12.4. The van der Waals surface area contributed by atoms with Gasteiger partial charge in [0.15, 0.2) is 0 Å². The van der Waals surface area contributed by atoms with E-state index in [1.165, 1.54) is 12.1 Å². The number of carboxylic acids is 1. The third-order valence-corrected chi connectivity index (χ3v) is 5.54. The molecule has 1 aliphatic heterocycles. The van der Waals surface area contributed by atoms with Crippen molar-refractivity contribution in [2.45, 2.75) is 17.7 Å². The number of benzene rings is 1. The maximum Gasteiger partial charge on any atom is 1.00 e. The first-order valence-electron chi connectivity index (χ1n) is 5.88. The molecule has 0 radical (unpaired) electrons. The molecule has 1 unspecified atom stereocenters. The van der Waals surface area contributed by atoms with Crippen LogP contribution in [0.15, 0.2) is 29.2 Å². The molecule has 104 valence electrons. The number of carbonyl (C=O) groups excluding carboxylic acids is 1. The molecule has 1 saturated heterocycles. The van der Waals surface area contributed by atoms with E-state index in [-0.39, 0.29) is 35.3 Å². The summed E-state index contributed by atoms with van der Waals surface area (Å²) in [6.07, 6.45) is 0.944. The summed E-state index contributed by atoms with van der Waals surface area (Å²) in [5, 5.41) is 11.0. The molecule has 1 aromatic carbocycles. The Bertz CT molecular complexity index is 593. The largest absolute Gasteiger partial charge is 1.00 e. The van der Waals surface area contributed by atoms with E-state index in [1.807, 2.05) is 0 Å². The summed E-state index contributed by atoms with van der Waals surface area (Å²) in [5.41, 5.74) is 0. The molecule has 0 spiro atoms. The molecule has 0 bridgehead atoms. The summed E-state index contributed by atoms with van der Waals surface area (Å²) in [6, 6.07) is 6.13. The van der Waals surface area contributed by atoms with Gasteiger partial charge in [0.1, 0.15) is 4.90 Å². The molecule has 1 heterocycles. The summed E-state index contributed by atoms with van der Waals surface area (Å²) in [5.74, 6) is -1.97.